The van der Waals surface area contributed by atoms with Gasteiger partial charge >= 0.3 is 6.09 Å². The van der Waals surface area contributed by atoms with E-state index in [4.69, 9.17) is 0 Å². The third-order valence-corrected chi connectivity index (χ3v) is 1.18. The zero-order chi connectivity index (χ0) is 11.8. The Morgan fingerprint density at radius 1 is 1.40 bits per heavy atom. The van der Waals surface area contributed by atoms with Crippen LogP contribution >= 0.6 is 0 Å². The maximum atomic E-state index is 10.9. The van der Waals surface area contributed by atoms with Gasteiger partial charge in [0.2, 0.25) is 0 Å². The van der Waals surface area contributed by atoms with E-state index in [-0.39, 0.29) is 11.6 Å². The highest BCUT2D eigenvalue weighted by molar-refractivity contribution is 5.65. The summed E-state index contributed by atoms with van der Waals surface area (Å²) in [5, 5.41) is 18.0. The SMILES string of the molecule is CCOC(=O)N(CCO[N+](=O)[O-])[N+](=O)[O-]. The molecular formula is C5H9N3O7. The van der Waals surface area contributed by atoms with Crippen LogP contribution < -0.4 is 0 Å². The second kappa shape index (κ2) is 6.34. The number of hydrazine groups is 1. The van der Waals surface area contributed by atoms with Crippen molar-refractivity contribution in [3.8, 4) is 0 Å². The van der Waals surface area contributed by atoms with Crippen molar-refractivity contribution < 1.29 is 24.5 Å². The van der Waals surface area contributed by atoms with Crippen LogP contribution in [0.25, 0.3) is 0 Å². The van der Waals surface area contributed by atoms with Crippen molar-refractivity contribution >= 4 is 6.09 Å². The number of rotatable bonds is 6. The lowest BCUT2D eigenvalue weighted by atomic mass is 10.7. The summed E-state index contributed by atoms with van der Waals surface area (Å²) in [7, 11) is 0. The summed E-state index contributed by atoms with van der Waals surface area (Å²) in [5.41, 5.74) is 0. The van der Waals surface area contributed by atoms with E-state index in [2.05, 4.69) is 9.57 Å². The Morgan fingerprint density at radius 3 is 2.40 bits per heavy atom. The highest BCUT2D eigenvalue weighted by Crippen LogP contribution is 1.94. The fourth-order valence-electron chi connectivity index (χ4n) is 0.639. The molecule has 86 valence electrons. The fourth-order valence-corrected chi connectivity index (χ4v) is 0.639. The summed E-state index contributed by atoms with van der Waals surface area (Å²) in [4.78, 5) is 34.7. The van der Waals surface area contributed by atoms with Gasteiger partial charge in [0.25, 0.3) is 5.09 Å². The zero-order valence-corrected chi connectivity index (χ0v) is 7.82. The van der Waals surface area contributed by atoms with Crippen molar-refractivity contribution in [3.63, 3.8) is 0 Å². The summed E-state index contributed by atoms with van der Waals surface area (Å²) in [5.74, 6) is 0. The molecule has 0 fully saturated rings. The first-order chi connectivity index (χ1) is 6.99. The molecule has 0 aromatic heterocycles. The number of ether oxygens (including phenoxy) is 1. The summed E-state index contributed by atoms with van der Waals surface area (Å²) in [6, 6.07) is 0. The summed E-state index contributed by atoms with van der Waals surface area (Å²) in [6.45, 7) is 0.294. The standard InChI is InChI=1S/C5H9N3O7/c1-2-14-5(9)6(7(10)11)3-4-15-8(12)13/h2-4H2,1H3. The van der Waals surface area contributed by atoms with Crippen molar-refractivity contribution in [2.75, 3.05) is 19.8 Å². The normalized spacial score (nSPS) is 9.13. The Bertz CT molecular complexity index is 255. The molecule has 0 aliphatic carbocycles. The maximum absolute atomic E-state index is 10.9. The minimum absolute atomic E-state index is 0.0285. The second-order valence-corrected chi connectivity index (χ2v) is 2.12. The van der Waals surface area contributed by atoms with E-state index in [1.807, 2.05) is 0 Å². The average molecular weight is 223 g/mol. The number of hydrogen-bond acceptors (Lipinski definition) is 7. The predicted octanol–water partition coefficient (Wildman–Crippen LogP) is -0.155. The van der Waals surface area contributed by atoms with Gasteiger partial charge in [-0.05, 0) is 11.9 Å². The molecule has 0 radical (unpaired) electrons. The molecule has 0 rings (SSSR count). The second-order valence-electron chi connectivity index (χ2n) is 2.12. The Balaban J connectivity index is 4.10. The van der Waals surface area contributed by atoms with Crippen LogP contribution in [0.5, 0.6) is 0 Å². The highest BCUT2D eigenvalue weighted by atomic mass is 16.9. The quantitative estimate of drug-likeness (QED) is 0.452. The first kappa shape index (κ1) is 12.9. The van der Waals surface area contributed by atoms with Crippen molar-refractivity contribution in [2.24, 2.45) is 0 Å². The minimum Gasteiger partial charge on any atom is -0.446 e. The molecule has 0 aromatic carbocycles. The number of carbonyl (C=O) groups is 1. The van der Waals surface area contributed by atoms with Gasteiger partial charge in [-0.25, -0.2) is 14.9 Å². The van der Waals surface area contributed by atoms with Gasteiger partial charge in [0.05, 0.1) is 6.61 Å². The third kappa shape index (κ3) is 5.23. The molecule has 0 spiro atoms. The van der Waals surface area contributed by atoms with E-state index in [9.17, 15) is 25.0 Å². The Kier molecular flexibility index (Phi) is 5.44. The molecule has 10 heteroatoms. The van der Waals surface area contributed by atoms with E-state index in [1.54, 1.807) is 0 Å². The highest BCUT2D eigenvalue weighted by Gasteiger charge is 2.25. The number of amides is 1. The molecule has 0 N–H and O–H groups in total. The van der Waals surface area contributed by atoms with E-state index in [0.717, 1.165) is 0 Å². The molecule has 0 unspecified atom stereocenters. The Morgan fingerprint density at radius 2 is 2.00 bits per heavy atom. The van der Waals surface area contributed by atoms with Crippen LogP contribution in [0.4, 0.5) is 4.79 Å². The first-order valence-corrected chi connectivity index (χ1v) is 3.85. The molecule has 0 aliphatic rings. The molecule has 0 aliphatic heterocycles. The van der Waals surface area contributed by atoms with Gasteiger partial charge < -0.3 is 9.57 Å². The van der Waals surface area contributed by atoms with E-state index in [0.29, 0.717) is 0 Å². The lowest BCUT2D eigenvalue weighted by molar-refractivity contribution is -0.760. The van der Waals surface area contributed by atoms with Crippen LogP contribution in [0.2, 0.25) is 0 Å². The molecule has 0 aromatic rings. The topological polar surface area (TPSA) is 125 Å². The summed E-state index contributed by atoms with van der Waals surface area (Å²) in [6.07, 6.45) is -1.19. The fraction of sp³-hybridized carbons (Fsp3) is 0.800. The maximum Gasteiger partial charge on any atom is 0.468 e. The number of hydrogen-bond donors (Lipinski definition) is 0. The van der Waals surface area contributed by atoms with Gasteiger partial charge in [0.15, 0.2) is 5.03 Å². The zero-order valence-electron chi connectivity index (χ0n) is 7.82. The summed E-state index contributed by atoms with van der Waals surface area (Å²) < 4.78 is 4.34. The van der Waals surface area contributed by atoms with Crippen LogP contribution in [-0.2, 0) is 9.57 Å². The van der Waals surface area contributed by atoms with Crippen molar-refractivity contribution in [3.05, 3.63) is 20.2 Å². The van der Waals surface area contributed by atoms with E-state index >= 15 is 0 Å². The number of nitro groups is 1. The van der Waals surface area contributed by atoms with Crippen LogP contribution in [0.1, 0.15) is 6.92 Å². The van der Waals surface area contributed by atoms with Gasteiger partial charge in [0, 0.05) is 0 Å². The van der Waals surface area contributed by atoms with Crippen LogP contribution in [-0.4, -0.2) is 41.0 Å². The number of carbonyl (C=O) groups excluding carboxylic acids is 1. The van der Waals surface area contributed by atoms with Gasteiger partial charge in [-0.1, -0.05) is 0 Å². The first-order valence-electron chi connectivity index (χ1n) is 3.85. The molecule has 10 nitrogen and oxygen atoms in total. The van der Waals surface area contributed by atoms with Crippen LogP contribution in [0.15, 0.2) is 0 Å². The average Bonchev–Trinajstić information content (AvgIpc) is 2.11. The van der Waals surface area contributed by atoms with Gasteiger partial charge in [-0.2, -0.15) is 0 Å². The molecule has 0 bridgehead atoms. The molecule has 0 atom stereocenters. The summed E-state index contributed by atoms with van der Waals surface area (Å²) >= 11 is 0. The number of nitrogens with zero attached hydrogens (tertiary/aromatic N) is 3. The molecule has 1 amide bonds. The van der Waals surface area contributed by atoms with Gasteiger partial charge in [-0.15, -0.1) is 10.1 Å². The van der Waals surface area contributed by atoms with Gasteiger partial charge in [-0.3, -0.25) is 0 Å². The third-order valence-electron chi connectivity index (χ3n) is 1.18. The van der Waals surface area contributed by atoms with Crippen LogP contribution in [0.3, 0.4) is 0 Å². The lowest BCUT2D eigenvalue weighted by Gasteiger charge is -2.10. The monoisotopic (exact) mass is 223 g/mol. The minimum atomic E-state index is -1.19. The van der Waals surface area contributed by atoms with Crippen molar-refractivity contribution in [1.82, 2.24) is 5.01 Å². The van der Waals surface area contributed by atoms with E-state index in [1.165, 1.54) is 6.92 Å². The van der Waals surface area contributed by atoms with Crippen molar-refractivity contribution in [1.29, 1.82) is 0 Å². The molecule has 0 heterocycles. The molecular weight excluding hydrogens is 214 g/mol. The van der Waals surface area contributed by atoms with E-state index < -0.39 is 29.4 Å². The Labute approximate surface area is 83.6 Å². The van der Waals surface area contributed by atoms with Crippen molar-refractivity contribution in [2.45, 2.75) is 6.92 Å². The smallest absolute Gasteiger partial charge is 0.446 e. The Hall–Kier alpha value is -2.13. The molecule has 15 heavy (non-hydrogen) atoms. The van der Waals surface area contributed by atoms with Crippen LogP contribution in [0, 0.1) is 20.2 Å². The largest absolute Gasteiger partial charge is 0.468 e. The molecule has 0 saturated carbocycles. The predicted molar refractivity (Wildman–Crippen MR) is 43.7 cm³/mol. The molecule has 0 saturated heterocycles. The lowest BCUT2D eigenvalue weighted by Crippen LogP contribution is -2.39. The van der Waals surface area contributed by atoms with Gasteiger partial charge in [0.1, 0.15) is 13.2 Å².